The van der Waals surface area contributed by atoms with Crippen LogP contribution in [0.3, 0.4) is 0 Å². The third-order valence-corrected chi connectivity index (χ3v) is 6.05. The average Bonchev–Trinajstić information content (AvgIpc) is 2.68. The molecule has 0 saturated carbocycles. The standard InChI is InChI=1S/C27H27N/c1-6-14-28-17-21-15-20-16-24(22-11-8-7-10-18(22)2)19(3)23-12-9-13-25(26(20)23)27(21,4)5/h6-17H,1-5H3/b14-6-,28-17?. The van der Waals surface area contributed by atoms with Gasteiger partial charge in [0.05, 0.1) is 0 Å². The normalized spacial score (nSPS) is 15.5. The minimum Gasteiger partial charge on any atom is -0.265 e. The first-order valence-electron chi connectivity index (χ1n) is 9.94. The minimum atomic E-state index is -0.0752. The van der Waals surface area contributed by atoms with Crippen LogP contribution in [0.4, 0.5) is 0 Å². The van der Waals surface area contributed by atoms with Crippen molar-refractivity contribution in [3.63, 3.8) is 0 Å². The Morgan fingerprint density at radius 1 is 0.929 bits per heavy atom. The van der Waals surface area contributed by atoms with E-state index < -0.39 is 0 Å². The highest BCUT2D eigenvalue weighted by atomic mass is 14.7. The number of benzene rings is 3. The number of hydrogen-bond donors (Lipinski definition) is 0. The van der Waals surface area contributed by atoms with E-state index in [4.69, 9.17) is 0 Å². The molecule has 1 aliphatic carbocycles. The monoisotopic (exact) mass is 365 g/mol. The van der Waals surface area contributed by atoms with Crippen LogP contribution in [0.5, 0.6) is 0 Å². The van der Waals surface area contributed by atoms with Crippen molar-refractivity contribution in [1.29, 1.82) is 0 Å². The lowest BCUT2D eigenvalue weighted by atomic mass is 9.70. The van der Waals surface area contributed by atoms with Crippen molar-refractivity contribution in [3.8, 4) is 11.1 Å². The van der Waals surface area contributed by atoms with Gasteiger partial charge in [0, 0.05) is 17.8 Å². The van der Waals surface area contributed by atoms with Crippen LogP contribution in [0.1, 0.15) is 43.0 Å². The highest BCUT2D eigenvalue weighted by molar-refractivity contribution is 6.06. The van der Waals surface area contributed by atoms with Crippen LogP contribution in [0.2, 0.25) is 0 Å². The molecule has 140 valence electrons. The fourth-order valence-electron chi connectivity index (χ4n) is 4.36. The van der Waals surface area contributed by atoms with Gasteiger partial charge in [-0.3, -0.25) is 4.99 Å². The molecule has 1 aliphatic rings. The van der Waals surface area contributed by atoms with Gasteiger partial charge in [-0.05, 0) is 82.6 Å². The Kier molecular flexibility index (Phi) is 4.55. The largest absolute Gasteiger partial charge is 0.265 e. The Balaban J connectivity index is 2.05. The van der Waals surface area contributed by atoms with Gasteiger partial charge in [0.15, 0.2) is 0 Å². The summed E-state index contributed by atoms with van der Waals surface area (Å²) < 4.78 is 0. The second-order valence-corrected chi connectivity index (χ2v) is 8.17. The molecule has 28 heavy (non-hydrogen) atoms. The van der Waals surface area contributed by atoms with Gasteiger partial charge in [-0.15, -0.1) is 0 Å². The van der Waals surface area contributed by atoms with E-state index in [1.165, 1.54) is 49.7 Å². The molecule has 4 rings (SSSR count). The number of hydrogen-bond acceptors (Lipinski definition) is 1. The first-order chi connectivity index (χ1) is 13.4. The summed E-state index contributed by atoms with van der Waals surface area (Å²) in [5.74, 6) is 0. The minimum absolute atomic E-state index is 0.0752. The molecule has 0 N–H and O–H groups in total. The molecule has 0 saturated heterocycles. The molecule has 0 unspecified atom stereocenters. The zero-order valence-electron chi connectivity index (χ0n) is 17.4. The van der Waals surface area contributed by atoms with Crippen LogP contribution in [0, 0.1) is 13.8 Å². The van der Waals surface area contributed by atoms with E-state index in [1.54, 1.807) is 0 Å². The first-order valence-corrected chi connectivity index (χ1v) is 9.94. The molecular weight excluding hydrogens is 338 g/mol. The molecule has 3 aromatic carbocycles. The SMILES string of the molecule is C/C=C\N=CC1=Cc2cc(-c3ccccc3C)c(C)c3cccc(c23)C1(C)C. The maximum Gasteiger partial charge on any atom is 0.0308 e. The Morgan fingerprint density at radius 3 is 2.46 bits per heavy atom. The van der Waals surface area contributed by atoms with Gasteiger partial charge in [0.1, 0.15) is 0 Å². The van der Waals surface area contributed by atoms with Crippen molar-refractivity contribution in [2.75, 3.05) is 0 Å². The number of allylic oxidation sites excluding steroid dienone is 2. The highest BCUT2D eigenvalue weighted by Gasteiger charge is 2.31. The predicted molar refractivity (Wildman–Crippen MR) is 123 cm³/mol. The summed E-state index contributed by atoms with van der Waals surface area (Å²) in [5.41, 5.74) is 9.12. The Hall–Kier alpha value is -2.93. The van der Waals surface area contributed by atoms with E-state index in [0.717, 1.165) is 0 Å². The maximum atomic E-state index is 4.48. The molecule has 1 nitrogen and oxygen atoms in total. The summed E-state index contributed by atoms with van der Waals surface area (Å²) in [6.45, 7) is 11.0. The Bertz CT molecular complexity index is 1160. The van der Waals surface area contributed by atoms with E-state index in [1.807, 2.05) is 25.4 Å². The van der Waals surface area contributed by atoms with Crippen molar-refractivity contribution in [2.24, 2.45) is 4.99 Å². The summed E-state index contributed by atoms with van der Waals surface area (Å²) in [7, 11) is 0. The number of nitrogens with zero attached hydrogens (tertiary/aromatic N) is 1. The lowest BCUT2D eigenvalue weighted by Crippen LogP contribution is -2.24. The van der Waals surface area contributed by atoms with Gasteiger partial charge in [-0.2, -0.15) is 0 Å². The molecule has 0 aliphatic heterocycles. The lowest BCUT2D eigenvalue weighted by Gasteiger charge is -2.33. The van der Waals surface area contributed by atoms with Gasteiger partial charge in [0.2, 0.25) is 0 Å². The molecule has 0 spiro atoms. The molecule has 0 radical (unpaired) electrons. The summed E-state index contributed by atoms with van der Waals surface area (Å²) in [6, 6.07) is 17.8. The second-order valence-electron chi connectivity index (χ2n) is 8.17. The fourth-order valence-corrected chi connectivity index (χ4v) is 4.36. The molecule has 1 heteroatoms. The van der Waals surface area contributed by atoms with E-state index in [0.29, 0.717) is 0 Å². The van der Waals surface area contributed by atoms with Crippen LogP contribution < -0.4 is 0 Å². The summed E-state index contributed by atoms with van der Waals surface area (Å²) in [5, 5.41) is 2.73. The van der Waals surface area contributed by atoms with Crippen LogP contribution in [-0.4, -0.2) is 6.21 Å². The maximum absolute atomic E-state index is 4.48. The quantitative estimate of drug-likeness (QED) is 0.429. The van der Waals surface area contributed by atoms with Crippen LogP contribution >= 0.6 is 0 Å². The molecule has 0 atom stereocenters. The van der Waals surface area contributed by atoms with Gasteiger partial charge < -0.3 is 0 Å². The smallest absolute Gasteiger partial charge is 0.0308 e. The summed E-state index contributed by atoms with van der Waals surface area (Å²) in [4.78, 5) is 4.48. The van der Waals surface area contributed by atoms with Crippen molar-refractivity contribution in [2.45, 2.75) is 40.0 Å². The molecule has 0 fully saturated rings. The number of aliphatic imine (C=N–C) groups is 1. The average molecular weight is 366 g/mol. The summed E-state index contributed by atoms with van der Waals surface area (Å²) in [6.07, 6.45) is 8.14. The van der Waals surface area contributed by atoms with E-state index in [-0.39, 0.29) is 5.41 Å². The van der Waals surface area contributed by atoms with E-state index in [9.17, 15) is 0 Å². The number of rotatable bonds is 3. The van der Waals surface area contributed by atoms with Gasteiger partial charge in [0.25, 0.3) is 0 Å². The predicted octanol–water partition coefficient (Wildman–Crippen LogP) is 7.40. The van der Waals surface area contributed by atoms with Crippen molar-refractivity contribution in [1.82, 2.24) is 0 Å². The third-order valence-electron chi connectivity index (χ3n) is 6.05. The molecule has 0 bridgehead atoms. The topological polar surface area (TPSA) is 12.4 Å². The second kappa shape index (κ2) is 6.91. The Morgan fingerprint density at radius 2 is 1.71 bits per heavy atom. The molecule has 0 amide bonds. The van der Waals surface area contributed by atoms with Gasteiger partial charge >= 0.3 is 0 Å². The summed E-state index contributed by atoms with van der Waals surface area (Å²) >= 11 is 0. The van der Waals surface area contributed by atoms with E-state index >= 15 is 0 Å². The molecule has 0 aromatic heterocycles. The Labute approximate surface area is 168 Å². The van der Waals surface area contributed by atoms with E-state index in [2.05, 4.69) is 87.3 Å². The first kappa shape index (κ1) is 18.4. The number of aryl methyl sites for hydroxylation is 2. The zero-order valence-corrected chi connectivity index (χ0v) is 17.4. The van der Waals surface area contributed by atoms with Crippen LogP contribution in [0.25, 0.3) is 28.0 Å². The van der Waals surface area contributed by atoms with Crippen LogP contribution in [-0.2, 0) is 5.41 Å². The zero-order chi connectivity index (χ0) is 19.9. The van der Waals surface area contributed by atoms with Gasteiger partial charge in [-0.1, -0.05) is 62.4 Å². The highest BCUT2D eigenvalue weighted by Crippen LogP contribution is 2.45. The molecular formula is C27H27N. The molecule has 3 aromatic rings. The third kappa shape index (κ3) is 2.82. The van der Waals surface area contributed by atoms with Crippen molar-refractivity contribution < 1.29 is 0 Å². The lowest BCUT2D eigenvalue weighted by molar-refractivity contribution is 0.657. The van der Waals surface area contributed by atoms with Crippen molar-refractivity contribution >= 4 is 23.1 Å². The van der Waals surface area contributed by atoms with Crippen molar-refractivity contribution in [3.05, 3.63) is 88.6 Å². The van der Waals surface area contributed by atoms with Crippen LogP contribution in [0.15, 0.2) is 71.4 Å². The fraction of sp³-hybridized carbons (Fsp3) is 0.222. The van der Waals surface area contributed by atoms with Gasteiger partial charge in [-0.25, -0.2) is 0 Å². The molecule has 0 heterocycles.